The molecule has 5 heteroatoms. The quantitative estimate of drug-likeness (QED) is 0.791. The number of carbonyl (C=O) groups is 1. The lowest BCUT2D eigenvalue weighted by Crippen LogP contribution is -2.42. The molecule has 0 aliphatic carbocycles. The molecule has 150 valence electrons. The first-order valence-corrected chi connectivity index (χ1v) is 10.0. The first-order chi connectivity index (χ1) is 13.5. The summed E-state index contributed by atoms with van der Waals surface area (Å²) in [5, 5.41) is 3.13. The number of halogens is 1. The van der Waals surface area contributed by atoms with Gasteiger partial charge in [-0.15, -0.1) is 0 Å². The first kappa shape index (κ1) is 20.5. The lowest BCUT2D eigenvalue weighted by atomic mass is 10.0. The van der Waals surface area contributed by atoms with Crippen LogP contribution in [-0.2, 0) is 17.9 Å². The van der Waals surface area contributed by atoms with Crippen LogP contribution in [0.15, 0.2) is 48.5 Å². The van der Waals surface area contributed by atoms with E-state index in [2.05, 4.69) is 27.2 Å². The molecule has 2 aromatic carbocycles. The summed E-state index contributed by atoms with van der Waals surface area (Å²) in [6.45, 7) is 3.12. The summed E-state index contributed by atoms with van der Waals surface area (Å²) < 4.78 is 13.4. The van der Waals surface area contributed by atoms with Gasteiger partial charge in [-0.25, -0.2) is 4.39 Å². The number of benzene rings is 2. The zero-order valence-electron chi connectivity index (χ0n) is 16.8. The van der Waals surface area contributed by atoms with Crippen molar-refractivity contribution in [2.75, 3.05) is 27.2 Å². The molecular weight excluding hydrogens is 353 g/mol. The number of hydrogen-bond donors (Lipinski definition) is 1. The smallest absolute Gasteiger partial charge is 0.242 e. The van der Waals surface area contributed by atoms with Crippen LogP contribution >= 0.6 is 0 Å². The Morgan fingerprint density at radius 2 is 1.68 bits per heavy atom. The van der Waals surface area contributed by atoms with Crippen LogP contribution in [0.1, 0.15) is 42.0 Å². The molecule has 4 nitrogen and oxygen atoms in total. The van der Waals surface area contributed by atoms with Gasteiger partial charge in [-0.2, -0.15) is 0 Å². The lowest BCUT2D eigenvalue weighted by Gasteiger charge is -2.34. The molecule has 0 aromatic heterocycles. The van der Waals surface area contributed by atoms with E-state index >= 15 is 0 Å². The van der Waals surface area contributed by atoms with Crippen molar-refractivity contribution in [1.29, 1.82) is 0 Å². The van der Waals surface area contributed by atoms with Crippen LogP contribution in [0.3, 0.4) is 0 Å². The molecule has 0 saturated carbocycles. The minimum atomic E-state index is -0.373. The van der Waals surface area contributed by atoms with E-state index in [1.165, 1.54) is 24.1 Å². The predicted molar refractivity (Wildman–Crippen MR) is 110 cm³/mol. The van der Waals surface area contributed by atoms with Crippen molar-refractivity contribution in [3.05, 3.63) is 71.0 Å². The molecular formula is C23H30FN3O. The summed E-state index contributed by atoms with van der Waals surface area (Å²) in [6.07, 6.45) is 3.39. The van der Waals surface area contributed by atoms with Crippen LogP contribution in [-0.4, -0.2) is 42.9 Å². The van der Waals surface area contributed by atoms with Crippen molar-refractivity contribution in [1.82, 2.24) is 15.1 Å². The SMILES string of the molecule is CN(C)Cc1ccccc1CNC(=O)C(c1ccc(F)cc1)N1CCCCC1. The fourth-order valence-corrected chi connectivity index (χ4v) is 3.85. The van der Waals surface area contributed by atoms with Crippen molar-refractivity contribution >= 4 is 5.91 Å². The van der Waals surface area contributed by atoms with E-state index in [1.54, 1.807) is 12.1 Å². The lowest BCUT2D eigenvalue weighted by molar-refractivity contribution is -0.127. The second-order valence-corrected chi connectivity index (χ2v) is 7.78. The van der Waals surface area contributed by atoms with Gasteiger partial charge in [-0.05, 0) is 68.8 Å². The monoisotopic (exact) mass is 383 g/mol. The molecule has 1 amide bonds. The molecule has 1 unspecified atom stereocenters. The van der Waals surface area contributed by atoms with Gasteiger partial charge in [-0.3, -0.25) is 9.69 Å². The molecule has 1 N–H and O–H groups in total. The van der Waals surface area contributed by atoms with E-state index in [-0.39, 0.29) is 17.8 Å². The molecule has 1 fully saturated rings. The summed E-state index contributed by atoms with van der Waals surface area (Å²) >= 11 is 0. The predicted octanol–water partition coefficient (Wildman–Crippen LogP) is 3.73. The summed E-state index contributed by atoms with van der Waals surface area (Å²) in [7, 11) is 4.08. The average Bonchev–Trinajstić information content (AvgIpc) is 2.69. The first-order valence-electron chi connectivity index (χ1n) is 10.0. The molecule has 28 heavy (non-hydrogen) atoms. The number of amides is 1. The number of hydrogen-bond acceptors (Lipinski definition) is 3. The summed E-state index contributed by atoms with van der Waals surface area (Å²) in [5.74, 6) is -0.299. The highest BCUT2D eigenvalue weighted by Gasteiger charge is 2.28. The van der Waals surface area contributed by atoms with Crippen molar-refractivity contribution in [3.63, 3.8) is 0 Å². The second kappa shape index (κ2) is 9.80. The molecule has 0 radical (unpaired) electrons. The highest BCUT2D eigenvalue weighted by atomic mass is 19.1. The Morgan fingerprint density at radius 1 is 1.04 bits per heavy atom. The van der Waals surface area contributed by atoms with Crippen LogP contribution in [0, 0.1) is 5.82 Å². The molecule has 1 aliphatic rings. The van der Waals surface area contributed by atoms with Gasteiger partial charge in [0.15, 0.2) is 0 Å². The average molecular weight is 384 g/mol. The van der Waals surface area contributed by atoms with Crippen molar-refractivity contribution in [3.8, 4) is 0 Å². The van der Waals surface area contributed by atoms with E-state index in [4.69, 9.17) is 0 Å². The number of likely N-dealkylation sites (tertiary alicyclic amines) is 1. The van der Waals surface area contributed by atoms with Crippen LogP contribution in [0.5, 0.6) is 0 Å². The third kappa shape index (κ3) is 5.40. The molecule has 0 spiro atoms. The Balaban J connectivity index is 1.75. The van der Waals surface area contributed by atoms with Crippen LogP contribution < -0.4 is 5.32 Å². The van der Waals surface area contributed by atoms with Crippen molar-refractivity contribution in [2.45, 2.75) is 38.4 Å². The van der Waals surface area contributed by atoms with Gasteiger partial charge < -0.3 is 10.2 Å². The summed E-state index contributed by atoms with van der Waals surface area (Å²) in [4.78, 5) is 17.5. The van der Waals surface area contributed by atoms with Gasteiger partial charge in [0.25, 0.3) is 0 Å². The fraction of sp³-hybridized carbons (Fsp3) is 0.435. The number of nitrogens with one attached hydrogen (secondary N) is 1. The van der Waals surface area contributed by atoms with Gasteiger partial charge in [-0.1, -0.05) is 42.8 Å². The van der Waals surface area contributed by atoms with E-state index in [9.17, 15) is 9.18 Å². The van der Waals surface area contributed by atoms with Gasteiger partial charge in [0.05, 0.1) is 0 Å². The molecule has 3 rings (SSSR count). The van der Waals surface area contributed by atoms with Crippen LogP contribution in [0.4, 0.5) is 4.39 Å². The molecule has 1 saturated heterocycles. The van der Waals surface area contributed by atoms with Gasteiger partial charge in [0, 0.05) is 13.1 Å². The molecule has 0 bridgehead atoms. The highest BCUT2D eigenvalue weighted by Crippen LogP contribution is 2.25. The summed E-state index contributed by atoms with van der Waals surface area (Å²) in [6, 6.07) is 14.2. The van der Waals surface area contributed by atoms with Crippen LogP contribution in [0.2, 0.25) is 0 Å². The van der Waals surface area contributed by atoms with E-state index in [0.29, 0.717) is 6.54 Å². The Labute approximate surface area is 167 Å². The second-order valence-electron chi connectivity index (χ2n) is 7.78. The highest BCUT2D eigenvalue weighted by molar-refractivity contribution is 5.83. The maximum atomic E-state index is 13.4. The van der Waals surface area contributed by atoms with E-state index in [0.717, 1.165) is 43.6 Å². The minimum absolute atomic E-state index is 0.0202. The zero-order chi connectivity index (χ0) is 19.9. The Hall–Kier alpha value is -2.24. The van der Waals surface area contributed by atoms with Crippen LogP contribution in [0.25, 0.3) is 0 Å². The Bertz CT molecular complexity index is 770. The maximum absolute atomic E-state index is 13.4. The standard InChI is InChI=1S/C23H30FN3O/c1-26(2)17-20-9-5-4-8-19(20)16-25-23(28)22(27-14-6-3-7-15-27)18-10-12-21(24)13-11-18/h4-5,8-13,22H,3,6-7,14-17H2,1-2H3,(H,25,28). The molecule has 1 aliphatic heterocycles. The fourth-order valence-electron chi connectivity index (χ4n) is 3.85. The van der Waals surface area contributed by atoms with Gasteiger partial charge in [0.2, 0.25) is 5.91 Å². The summed E-state index contributed by atoms with van der Waals surface area (Å²) in [5.41, 5.74) is 3.19. The molecule has 2 aromatic rings. The van der Waals surface area contributed by atoms with Crippen molar-refractivity contribution in [2.24, 2.45) is 0 Å². The van der Waals surface area contributed by atoms with E-state index < -0.39 is 0 Å². The van der Waals surface area contributed by atoms with Crippen molar-refractivity contribution < 1.29 is 9.18 Å². The van der Waals surface area contributed by atoms with Gasteiger partial charge in [0.1, 0.15) is 11.9 Å². The number of carbonyl (C=O) groups excluding carboxylic acids is 1. The zero-order valence-corrected chi connectivity index (χ0v) is 16.8. The number of nitrogens with zero attached hydrogens (tertiary/aromatic N) is 2. The van der Waals surface area contributed by atoms with Gasteiger partial charge >= 0.3 is 0 Å². The maximum Gasteiger partial charge on any atom is 0.242 e. The third-order valence-corrected chi connectivity index (χ3v) is 5.25. The number of rotatable bonds is 7. The minimum Gasteiger partial charge on any atom is -0.350 e. The Morgan fingerprint density at radius 3 is 2.32 bits per heavy atom. The molecule has 1 atom stereocenters. The number of piperidine rings is 1. The topological polar surface area (TPSA) is 35.6 Å². The molecule has 1 heterocycles. The largest absolute Gasteiger partial charge is 0.350 e. The van der Waals surface area contributed by atoms with E-state index in [1.807, 2.05) is 26.2 Å². The third-order valence-electron chi connectivity index (χ3n) is 5.25. The normalized spacial score (nSPS) is 16.1. The Kier molecular flexibility index (Phi) is 7.18.